The Balaban J connectivity index is 2.95. The molecule has 1 atom stereocenters. The van der Waals surface area contributed by atoms with Crippen molar-refractivity contribution in [3.05, 3.63) is 35.1 Å². The molecule has 0 fully saturated rings. The smallest absolute Gasteiger partial charge is 0.129 e. The topological polar surface area (TPSA) is 46.2 Å². The van der Waals surface area contributed by atoms with Crippen molar-refractivity contribution in [1.82, 2.24) is 0 Å². The molecule has 0 aromatic heterocycles. The lowest BCUT2D eigenvalue weighted by atomic mass is 10.0. The normalized spacial score (nSPS) is 12.9. The predicted octanol–water partition coefficient (Wildman–Crippen LogP) is 1.73. The lowest BCUT2D eigenvalue weighted by Crippen LogP contribution is -2.09. The van der Waals surface area contributed by atoms with Gasteiger partial charge in [0.1, 0.15) is 5.82 Å². The number of halogens is 1. The molecule has 0 bridgehead atoms. The zero-order valence-electron chi connectivity index (χ0n) is 7.63. The van der Waals surface area contributed by atoms with E-state index in [1.807, 2.05) is 6.92 Å². The minimum atomic E-state index is -0.385. The molecule has 2 nitrogen and oxygen atoms in total. The van der Waals surface area contributed by atoms with Crippen LogP contribution in [0.25, 0.3) is 0 Å². The molecule has 0 aliphatic rings. The summed E-state index contributed by atoms with van der Waals surface area (Å²) in [5.74, 6) is -0.385. The van der Waals surface area contributed by atoms with E-state index < -0.39 is 0 Å². The molecule has 0 heterocycles. The van der Waals surface area contributed by atoms with Crippen LogP contribution in [-0.2, 0) is 6.61 Å². The van der Waals surface area contributed by atoms with Crippen molar-refractivity contribution in [3.8, 4) is 0 Å². The summed E-state index contributed by atoms with van der Waals surface area (Å²) in [7, 11) is 0. The number of aliphatic hydroxyl groups is 1. The van der Waals surface area contributed by atoms with Gasteiger partial charge in [0, 0.05) is 11.6 Å². The van der Waals surface area contributed by atoms with Gasteiger partial charge in [-0.2, -0.15) is 0 Å². The molecule has 3 N–H and O–H groups in total. The standard InChI is InChI=1S/C10H14FNO/c1-2-10(12)7-3-4-8(6-13)9(11)5-7/h3-5,10,13H,2,6,12H2,1H3/t10-/m0/s1. The van der Waals surface area contributed by atoms with Gasteiger partial charge >= 0.3 is 0 Å². The molecule has 0 aliphatic carbocycles. The van der Waals surface area contributed by atoms with Gasteiger partial charge in [-0.25, -0.2) is 4.39 Å². The van der Waals surface area contributed by atoms with E-state index in [2.05, 4.69) is 0 Å². The van der Waals surface area contributed by atoms with E-state index in [1.165, 1.54) is 6.07 Å². The SMILES string of the molecule is CC[C@H](N)c1ccc(CO)c(F)c1. The minimum absolute atomic E-state index is 0.123. The van der Waals surface area contributed by atoms with Crippen LogP contribution in [0.2, 0.25) is 0 Å². The second-order valence-corrected chi connectivity index (χ2v) is 3.02. The maximum absolute atomic E-state index is 13.1. The van der Waals surface area contributed by atoms with Gasteiger partial charge in [0.25, 0.3) is 0 Å². The van der Waals surface area contributed by atoms with E-state index >= 15 is 0 Å². The first-order chi connectivity index (χ1) is 6.19. The fourth-order valence-corrected chi connectivity index (χ4v) is 1.16. The highest BCUT2D eigenvalue weighted by molar-refractivity contribution is 5.25. The van der Waals surface area contributed by atoms with Crippen LogP contribution in [0, 0.1) is 5.82 Å². The number of hydrogen-bond donors (Lipinski definition) is 2. The Morgan fingerprint density at radius 2 is 2.23 bits per heavy atom. The van der Waals surface area contributed by atoms with Gasteiger partial charge < -0.3 is 10.8 Å². The Labute approximate surface area is 77.2 Å². The fraction of sp³-hybridized carbons (Fsp3) is 0.400. The summed E-state index contributed by atoms with van der Waals surface area (Å²) in [6.45, 7) is 1.68. The van der Waals surface area contributed by atoms with Gasteiger partial charge in [-0.3, -0.25) is 0 Å². The Kier molecular flexibility index (Phi) is 3.39. The Bertz CT molecular complexity index is 288. The maximum atomic E-state index is 13.1. The third-order valence-corrected chi connectivity index (χ3v) is 2.12. The van der Waals surface area contributed by atoms with Gasteiger partial charge in [-0.05, 0) is 18.1 Å². The molecule has 1 rings (SSSR count). The van der Waals surface area contributed by atoms with Crippen LogP contribution in [0.1, 0.15) is 30.5 Å². The maximum Gasteiger partial charge on any atom is 0.129 e. The van der Waals surface area contributed by atoms with Crippen LogP contribution in [0.3, 0.4) is 0 Å². The Morgan fingerprint density at radius 1 is 1.54 bits per heavy atom. The van der Waals surface area contributed by atoms with E-state index in [9.17, 15) is 4.39 Å². The Morgan fingerprint density at radius 3 is 2.69 bits per heavy atom. The third-order valence-electron chi connectivity index (χ3n) is 2.12. The Hall–Kier alpha value is -0.930. The van der Waals surface area contributed by atoms with Crippen LogP contribution in [-0.4, -0.2) is 5.11 Å². The molecule has 0 spiro atoms. The first-order valence-corrected chi connectivity index (χ1v) is 4.33. The molecular formula is C10H14FNO. The van der Waals surface area contributed by atoms with Crippen molar-refractivity contribution in [1.29, 1.82) is 0 Å². The van der Waals surface area contributed by atoms with E-state index in [4.69, 9.17) is 10.8 Å². The van der Waals surface area contributed by atoms with Crippen LogP contribution in [0.15, 0.2) is 18.2 Å². The van der Waals surface area contributed by atoms with Gasteiger partial charge in [0.15, 0.2) is 0 Å². The van der Waals surface area contributed by atoms with Crippen molar-refractivity contribution in [2.24, 2.45) is 5.73 Å². The van der Waals surface area contributed by atoms with Crippen LogP contribution in [0.5, 0.6) is 0 Å². The summed E-state index contributed by atoms with van der Waals surface area (Å²) in [6, 6.07) is 4.59. The molecule has 0 aliphatic heterocycles. The summed E-state index contributed by atoms with van der Waals surface area (Å²) in [4.78, 5) is 0. The number of aliphatic hydroxyl groups excluding tert-OH is 1. The molecule has 0 unspecified atom stereocenters. The molecule has 1 aromatic rings. The van der Waals surface area contributed by atoms with Crippen molar-refractivity contribution < 1.29 is 9.50 Å². The molecule has 0 radical (unpaired) electrons. The molecular weight excluding hydrogens is 169 g/mol. The molecule has 3 heteroatoms. The molecule has 0 saturated heterocycles. The third kappa shape index (κ3) is 2.26. The van der Waals surface area contributed by atoms with E-state index in [0.717, 1.165) is 12.0 Å². The van der Waals surface area contributed by atoms with E-state index in [1.54, 1.807) is 12.1 Å². The zero-order chi connectivity index (χ0) is 9.84. The van der Waals surface area contributed by atoms with E-state index in [0.29, 0.717) is 5.56 Å². The number of rotatable bonds is 3. The van der Waals surface area contributed by atoms with Gasteiger partial charge in [0.2, 0.25) is 0 Å². The van der Waals surface area contributed by atoms with Crippen molar-refractivity contribution >= 4 is 0 Å². The second-order valence-electron chi connectivity index (χ2n) is 3.02. The molecule has 0 saturated carbocycles. The van der Waals surface area contributed by atoms with Gasteiger partial charge in [-0.1, -0.05) is 19.1 Å². The number of hydrogen-bond acceptors (Lipinski definition) is 2. The minimum Gasteiger partial charge on any atom is -0.392 e. The highest BCUT2D eigenvalue weighted by Gasteiger charge is 2.06. The molecule has 1 aromatic carbocycles. The predicted molar refractivity (Wildman–Crippen MR) is 49.5 cm³/mol. The van der Waals surface area contributed by atoms with Crippen molar-refractivity contribution in [2.45, 2.75) is 26.0 Å². The number of benzene rings is 1. The first kappa shape index (κ1) is 10.2. The summed E-state index contributed by atoms with van der Waals surface area (Å²) < 4.78 is 13.1. The first-order valence-electron chi connectivity index (χ1n) is 4.33. The summed E-state index contributed by atoms with van der Waals surface area (Å²) in [5, 5.41) is 8.73. The summed E-state index contributed by atoms with van der Waals surface area (Å²) in [5.41, 5.74) is 6.81. The largest absolute Gasteiger partial charge is 0.392 e. The van der Waals surface area contributed by atoms with E-state index in [-0.39, 0.29) is 18.5 Å². The summed E-state index contributed by atoms with van der Waals surface area (Å²) >= 11 is 0. The van der Waals surface area contributed by atoms with Crippen LogP contribution < -0.4 is 5.73 Å². The van der Waals surface area contributed by atoms with Gasteiger partial charge in [-0.15, -0.1) is 0 Å². The number of nitrogens with two attached hydrogens (primary N) is 1. The monoisotopic (exact) mass is 183 g/mol. The lowest BCUT2D eigenvalue weighted by molar-refractivity contribution is 0.275. The quantitative estimate of drug-likeness (QED) is 0.749. The summed E-state index contributed by atoms with van der Waals surface area (Å²) in [6.07, 6.45) is 0.776. The fourth-order valence-electron chi connectivity index (χ4n) is 1.16. The molecule has 0 amide bonds. The zero-order valence-corrected chi connectivity index (χ0v) is 7.63. The second kappa shape index (κ2) is 4.35. The van der Waals surface area contributed by atoms with Crippen molar-refractivity contribution in [3.63, 3.8) is 0 Å². The highest BCUT2D eigenvalue weighted by Crippen LogP contribution is 2.17. The van der Waals surface area contributed by atoms with Crippen molar-refractivity contribution in [2.75, 3.05) is 0 Å². The average molecular weight is 183 g/mol. The van der Waals surface area contributed by atoms with Crippen LogP contribution >= 0.6 is 0 Å². The molecule has 72 valence electrons. The van der Waals surface area contributed by atoms with Gasteiger partial charge in [0.05, 0.1) is 6.61 Å². The molecule has 13 heavy (non-hydrogen) atoms. The van der Waals surface area contributed by atoms with Crippen LogP contribution in [0.4, 0.5) is 4.39 Å². The average Bonchev–Trinajstić information content (AvgIpc) is 2.16. The lowest BCUT2D eigenvalue weighted by Gasteiger charge is -2.09. The highest BCUT2D eigenvalue weighted by atomic mass is 19.1.